The summed E-state index contributed by atoms with van der Waals surface area (Å²) in [6, 6.07) is 22.0. The monoisotopic (exact) mass is 445 g/mol. The molecule has 0 spiro atoms. The molecule has 0 bridgehead atoms. The van der Waals surface area contributed by atoms with Crippen molar-refractivity contribution in [3.8, 4) is 0 Å². The first-order chi connectivity index (χ1) is 12.0. The van der Waals surface area contributed by atoms with E-state index in [4.69, 9.17) is 38.5 Å². The molecule has 0 atom stereocenters. The molecular weight excluding hydrogens is 434 g/mol. The second-order valence-corrected chi connectivity index (χ2v) is 9.69. The van der Waals surface area contributed by atoms with Crippen LogP contribution in [0.2, 0.25) is 15.1 Å². The molecule has 25 heavy (non-hydrogen) atoms. The summed E-state index contributed by atoms with van der Waals surface area (Å²) in [4.78, 5) is 11.7. The molecule has 2 nitrogen and oxygen atoms in total. The fraction of sp³-hybridized carbons (Fsp3) is 0. The minimum atomic E-state index is -3.12. The Morgan fingerprint density at radius 2 is 0.760 bits per heavy atom. The van der Waals surface area contributed by atoms with Gasteiger partial charge in [0, 0.05) is 15.1 Å². The second-order valence-electron chi connectivity index (χ2n) is 5.23. The molecule has 127 valence electrons. The second kappa shape index (κ2) is 9.15. The number of halogens is 3. The van der Waals surface area contributed by atoms with Crippen LogP contribution in [0.15, 0.2) is 72.8 Å². The van der Waals surface area contributed by atoms with Crippen LogP contribution in [0.1, 0.15) is 0 Å². The summed E-state index contributed by atoms with van der Waals surface area (Å²) in [5, 5.41) is 4.47. The molecule has 0 saturated heterocycles. The average molecular weight is 447 g/mol. The van der Waals surface area contributed by atoms with E-state index in [9.17, 15) is 4.80 Å². The van der Waals surface area contributed by atoms with Gasteiger partial charge in [0.25, 0.3) is 8.32 Å². The van der Waals surface area contributed by atoms with Crippen molar-refractivity contribution in [3.63, 3.8) is 0 Å². The van der Waals surface area contributed by atoms with Gasteiger partial charge in [-0.05, 0) is 52.0 Å². The first-order valence-electron chi connectivity index (χ1n) is 7.19. The van der Waals surface area contributed by atoms with Gasteiger partial charge in [0.15, 0.2) is 0 Å². The van der Waals surface area contributed by atoms with Gasteiger partial charge in [0.1, 0.15) is 0 Å². The van der Waals surface area contributed by atoms with Crippen molar-refractivity contribution in [2.45, 2.75) is 0 Å². The fourth-order valence-electron chi connectivity index (χ4n) is 2.57. The Labute approximate surface area is 171 Å². The van der Waals surface area contributed by atoms with Gasteiger partial charge in [-0.25, -0.2) is 0 Å². The van der Waals surface area contributed by atoms with Crippen molar-refractivity contribution in [3.05, 3.63) is 87.9 Å². The van der Waals surface area contributed by atoms with Gasteiger partial charge in [-0.15, -0.1) is 0 Å². The quantitative estimate of drug-likeness (QED) is 0.494. The Bertz CT molecular complexity index is 714. The molecule has 3 aromatic carbocycles. The third-order valence-electron chi connectivity index (χ3n) is 3.79. The van der Waals surface area contributed by atoms with Gasteiger partial charge in [-0.2, -0.15) is 0 Å². The zero-order chi connectivity index (χ0) is 18.4. The molecule has 7 heteroatoms. The van der Waals surface area contributed by atoms with Crippen LogP contribution in [-0.2, 0) is 21.0 Å². The van der Waals surface area contributed by atoms with E-state index in [1.165, 1.54) is 0 Å². The van der Waals surface area contributed by atoms with Gasteiger partial charge in [0.2, 0.25) is 0 Å². The van der Waals surface area contributed by atoms with Crippen LogP contribution in [0.4, 0.5) is 0 Å². The maximum absolute atomic E-state index is 11.7. The van der Waals surface area contributed by atoms with Gasteiger partial charge in [-0.3, -0.25) is 0 Å². The summed E-state index contributed by atoms with van der Waals surface area (Å²) >= 11 is 19.0. The summed E-state index contributed by atoms with van der Waals surface area (Å²) in [6.45, 7) is 0. The Kier molecular flexibility index (Phi) is 7.47. The molecule has 0 saturated carbocycles. The van der Waals surface area contributed by atoms with Gasteiger partial charge in [-0.1, -0.05) is 71.2 Å². The molecule has 0 fully saturated rings. The van der Waals surface area contributed by atoms with Crippen LogP contribution < -0.4 is 15.6 Å². The van der Waals surface area contributed by atoms with Crippen molar-refractivity contribution in [1.29, 1.82) is 0 Å². The number of hydrogen-bond acceptors (Lipinski definition) is 2. The molecule has 0 unspecified atom stereocenters. The van der Waals surface area contributed by atoms with Crippen LogP contribution in [0.3, 0.4) is 0 Å². The fourth-order valence-corrected chi connectivity index (χ4v) is 5.90. The van der Waals surface area contributed by atoms with E-state index in [-0.39, 0.29) is 0 Å². The van der Waals surface area contributed by atoms with Crippen LogP contribution >= 0.6 is 34.8 Å². The molecule has 0 amide bonds. The molecule has 0 aliphatic rings. The van der Waals surface area contributed by atoms with E-state index < -0.39 is 8.32 Å². The molecule has 0 radical (unpaired) electrons. The number of benzene rings is 3. The average Bonchev–Trinajstić information content (AvgIpc) is 2.64. The zero-order valence-electron chi connectivity index (χ0n) is 12.9. The molecule has 3 rings (SSSR count). The molecule has 1 N–H and O–H groups in total. The molecule has 0 heterocycles. The first kappa shape index (κ1) is 20.4. The Balaban J connectivity index is 0.00000109. The first-order valence-corrected chi connectivity index (χ1v) is 10.8. The normalized spacial score (nSPS) is 10.7. The van der Waals surface area contributed by atoms with Crippen LogP contribution in [0.5, 0.6) is 0 Å². The third kappa shape index (κ3) is 4.63. The Morgan fingerprint density at radius 3 is 0.960 bits per heavy atom. The zero-order valence-corrected chi connectivity index (χ0v) is 17.5. The van der Waals surface area contributed by atoms with Crippen LogP contribution in [0, 0.1) is 0 Å². The number of rotatable bonds is 3. The maximum atomic E-state index is 11.7. The van der Waals surface area contributed by atoms with Gasteiger partial charge < -0.3 is 4.80 Å². The van der Waals surface area contributed by atoms with E-state index in [0.29, 0.717) is 15.1 Å². The molecule has 0 aromatic heterocycles. The van der Waals surface area contributed by atoms with Crippen molar-refractivity contribution in [2.24, 2.45) is 0 Å². The Hall–Kier alpha value is -0.909. The SMILES string of the molecule is O[Si](c1ccc(Cl)cc1)(c1ccc(Cl)cc1)c1ccc(Cl)cc1.[O]=[V]. The summed E-state index contributed by atoms with van der Waals surface area (Å²) in [6.07, 6.45) is 0. The predicted molar refractivity (Wildman–Crippen MR) is 102 cm³/mol. The summed E-state index contributed by atoms with van der Waals surface area (Å²) in [5.41, 5.74) is 0. The van der Waals surface area contributed by atoms with Crippen molar-refractivity contribution < 1.29 is 25.8 Å². The van der Waals surface area contributed by atoms with Crippen molar-refractivity contribution >= 4 is 58.7 Å². The van der Waals surface area contributed by atoms with Crippen LogP contribution in [-0.4, -0.2) is 13.1 Å². The minimum absolute atomic E-state index is 0.636. The third-order valence-corrected chi connectivity index (χ3v) is 8.05. The van der Waals surface area contributed by atoms with E-state index in [1.807, 2.05) is 36.4 Å². The van der Waals surface area contributed by atoms with E-state index in [1.54, 1.807) is 36.4 Å². The van der Waals surface area contributed by atoms with Crippen LogP contribution in [0.25, 0.3) is 0 Å². The van der Waals surface area contributed by atoms with Crippen molar-refractivity contribution in [1.82, 2.24) is 0 Å². The Morgan fingerprint density at radius 1 is 0.560 bits per heavy atom. The van der Waals surface area contributed by atoms with E-state index >= 15 is 0 Å². The number of hydrogen-bond donors (Lipinski definition) is 1. The van der Waals surface area contributed by atoms with Gasteiger partial charge in [0.05, 0.1) is 0 Å². The standard InChI is InChI=1S/C18H13Cl3OSi.O.V/c19-13-1-7-16(8-2-13)23(22,17-9-3-14(20)4-10-17)18-11-5-15(21)6-12-18;;/h1-12,22H;;. The molecular formula is C18H13Cl3O2SiV. The summed E-state index contributed by atoms with van der Waals surface area (Å²) in [5.74, 6) is 0. The summed E-state index contributed by atoms with van der Waals surface area (Å²) in [7, 11) is -3.12. The molecule has 3 aromatic rings. The summed E-state index contributed by atoms with van der Waals surface area (Å²) < 4.78 is 8.19. The van der Waals surface area contributed by atoms with E-state index in [2.05, 4.69) is 0 Å². The van der Waals surface area contributed by atoms with Crippen molar-refractivity contribution in [2.75, 3.05) is 0 Å². The molecule has 0 aliphatic heterocycles. The predicted octanol–water partition coefficient (Wildman–Crippen LogP) is 3.48. The topological polar surface area (TPSA) is 37.3 Å². The van der Waals surface area contributed by atoms with E-state index in [0.717, 1.165) is 32.9 Å². The van der Waals surface area contributed by atoms with Gasteiger partial charge >= 0.3 is 21.0 Å². The molecule has 0 aliphatic carbocycles.